The van der Waals surface area contributed by atoms with Gasteiger partial charge in [-0.3, -0.25) is 13.9 Å². The molecule has 0 aliphatic heterocycles. The molecule has 1 aliphatic carbocycles. The van der Waals surface area contributed by atoms with Crippen molar-refractivity contribution in [2.45, 2.75) is 50.7 Å². The molecule has 0 saturated heterocycles. The summed E-state index contributed by atoms with van der Waals surface area (Å²) in [6, 6.07) is 23.2. The molecule has 1 atom stereocenters. The summed E-state index contributed by atoms with van der Waals surface area (Å²) in [5.74, 6) is -0.695. The lowest BCUT2D eigenvalue weighted by Crippen LogP contribution is -2.54. The molecule has 0 bridgehead atoms. The molecule has 0 radical (unpaired) electrons. The topological polar surface area (TPSA) is 86.8 Å². The SMILES string of the molecule is CS(=O)(=O)N(CC(=O)N(Cc1ccc(Br)cc1)C(Cc1ccccc1)C(=O)NC1CCCC1)c1ccccc1Br. The Bertz CT molecular complexity index is 1410. The van der Waals surface area contributed by atoms with Gasteiger partial charge in [-0.15, -0.1) is 0 Å². The Kier molecular flexibility index (Phi) is 10.4. The predicted molar refractivity (Wildman–Crippen MR) is 165 cm³/mol. The minimum atomic E-state index is -3.82. The zero-order chi connectivity index (χ0) is 28.7. The van der Waals surface area contributed by atoms with Crippen LogP contribution in [0.25, 0.3) is 0 Å². The second-order valence-electron chi connectivity index (χ2n) is 10.1. The van der Waals surface area contributed by atoms with E-state index in [1.54, 1.807) is 24.3 Å². The number of rotatable bonds is 11. The highest BCUT2D eigenvalue weighted by molar-refractivity contribution is 9.10. The van der Waals surface area contributed by atoms with Gasteiger partial charge < -0.3 is 10.2 Å². The van der Waals surface area contributed by atoms with Crippen molar-refractivity contribution in [1.82, 2.24) is 10.2 Å². The first-order valence-corrected chi connectivity index (χ1v) is 16.7. The van der Waals surface area contributed by atoms with Gasteiger partial charge in [0.05, 0.1) is 11.9 Å². The molecule has 3 aromatic carbocycles. The molecule has 1 unspecified atom stereocenters. The van der Waals surface area contributed by atoms with Gasteiger partial charge in [0, 0.05) is 28.0 Å². The quantitative estimate of drug-likeness (QED) is 0.281. The molecule has 3 aromatic rings. The molecule has 1 aliphatic rings. The molecular formula is C30H33Br2N3O4S. The molecule has 7 nitrogen and oxygen atoms in total. The number of nitrogens with one attached hydrogen (secondary N) is 1. The van der Waals surface area contributed by atoms with E-state index in [9.17, 15) is 18.0 Å². The van der Waals surface area contributed by atoms with Gasteiger partial charge in [0.1, 0.15) is 12.6 Å². The van der Waals surface area contributed by atoms with E-state index in [4.69, 9.17) is 0 Å². The number of carbonyl (C=O) groups excluding carboxylic acids is 2. The van der Waals surface area contributed by atoms with Crippen molar-refractivity contribution in [1.29, 1.82) is 0 Å². The molecule has 0 heterocycles. The van der Waals surface area contributed by atoms with E-state index >= 15 is 0 Å². The van der Waals surface area contributed by atoms with Gasteiger partial charge in [0.2, 0.25) is 21.8 Å². The van der Waals surface area contributed by atoms with E-state index < -0.39 is 28.5 Å². The third-order valence-corrected chi connectivity index (χ3v) is 9.36. The monoisotopic (exact) mass is 689 g/mol. The Morgan fingerprint density at radius 2 is 1.52 bits per heavy atom. The Hall–Kier alpha value is -2.69. The number of para-hydroxylation sites is 1. The largest absolute Gasteiger partial charge is 0.352 e. The number of hydrogen-bond acceptors (Lipinski definition) is 4. The van der Waals surface area contributed by atoms with Gasteiger partial charge in [-0.2, -0.15) is 0 Å². The lowest BCUT2D eigenvalue weighted by molar-refractivity contribution is -0.140. The maximum atomic E-state index is 14.1. The summed E-state index contributed by atoms with van der Waals surface area (Å²) >= 11 is 6.87. The smallest absolute Gasteiger partial charge is 0.244 e. The molecule has 1 N–H and O–H groups in total. The van der Waals surface area contributed by atoms with Crippen molar-refractivity contribution in [3.05, 3.63) is 98.9 Å². The minimum Gasteiger partial charge on any atom is -0.352 e. The summed E-state index contributed by atoms with van der Waals surface area (Å²) in [5.41, 5.74) is 2.10. The van der Waals surface area contributed by atoms with Crippen LogP contribution in [0.2, 0.25) is 0 Å². The van der Waals surface area contributed by atoms with Crippen molar-refractivity contribution < 1.29 is 18.0 Å². The Balaban J connectivity index is 1.72. The van der Waals surface area contributed by atoms with E-state index in [2.05, 4.69) is 37.2 Å². The first kappa shape index (κ1) is 30.3. The number of amides is 2. The zero-order valence-corrected chi connectivity index (χ0v) is 26.3. The molecule has 40 heavy (non-hydrogen) atoms. The Morgan fingerprint density at radius 1 is 0.900 bits per heavy atom. The molecular weight excluding hydrogens is 658 g/mol. The summed E-state index contributed by atoms with van der Waals surface area (Å²) in [7, 11) is -3.82. The molecule has 2 amide bonds. The number of sulfonamides is 1. The van der Waals surface area contributed by atoms with Crippen LogP contribution in [-0.2, 0) is 32.6 Å². The normalized spacial score (nSPS) is 14.5. The number of hydrogen-bond donors (Lipinski definition) is 1. The van der Waals surface area contributed by atoms with Crippen LogP contribution in [0.15, 0.2) is 87.8 Å². The Labute approximate surface area is 253 Å². The van der Waals surface area contributed by atoms with Gasteiger partial charge in [0.25, 0.3) is 0 Å². The second kappa shape index (κ2) is 13.8. The zero-order valence-electron chi connectivity index (χ0n) is 22.3. The van der Waals surface area contributed by atoms with Gasteiger partial charge >= 0.3 is 0 Å². The van der Waals surface area contributed by atoms with Crippen LogP contribution >= 0.6 is 31.9 Å². The van der Waals surface area contributed by atoms with Crippen molar-refractivity contribution in [3.8, 4) is 0 Å². The van der Waals surface area contributed by atoms with Crippen LogP contribution in [0.4, 0.5) is 5.69 Å². The van der Waals surface area contributed by atoms with Gasteiger partial charge in [-0.05, 0) is 64.2 Å². The van der Waals surface area contributed by atoms with Crippen molar-refractivity contribution in [2.75, 3.05) is 17.1 Å². The fraction of sp³-hybridized carbons (Fsp3) is 0.333. The number of benzene rings is 3. The lowest BCUT2D eigenvalue weighted by Gasteiger charge is -2.34. The summed E-state index contributed by atoms with van der Waals surface area (Å²) in [5, 5.41) is 3.17. The average molecular weight is 691 g/mol. The molecule has 212 valence electrons. The number of halogens is 2. The van der Waals surface area contributed by atoms with E-state index in [0.717, 1.165) is 51.8 Å². The van der Waals surface area contributed by atoms with Gasteiger partial charge in [0.15, 0.2) is 0 Å². The Morgan fingerprint density at radius 3 is 2.15 bits per heavy atom. The highest BCUT2D eigenvalue weighted by Gasteiger charge is 2.34. The fourth-order valence-electron chi connectivity index (χ4n) is 4.96. The number of nitrogens with zero attached hydrogens (tertiary/aromatic N) is 2. The van der Waals surface area contributed by atoms with Gasteiger partial charge in [-0.1, -0.05) is 83.4 Å². The van der Waals surface area contributed by atoms with Crippen LogP contribution < -0.4 is 9.62 Å². The van der Waals surface area contributed by atoms with Crippen molar-refractivity contribution >= 4 is 59.4 Å². The number of carbonyl (C=O) groups is 2. The summed E-state index contributed by atoms with van der Waals surface area (Å²) in [6.07, 6.45) is 5.32. The van der Waals surface area contributed by atoms with Crippen LogP contribution in [0.3, 0.4) is 0 Å². The fourth-order valence-corrected chi connectivity index (χ4v) is 6.70. The second-order valence-corrected chi connectivity index (χ2v) is 13.7. The molecule has 1 saturated carbocycles. The van der Waals surface area contributed by atoms with E-state index in [0.29, 0.717) is 16.6 Å². The predicted octanol–water partition coefficient (Wildman–Crippen LogP) is 5.68. The number of anilines is 1. The average Bonchev–Trinajstić information content (AvgIpc) is 3.43. The third kappa shape index (κ3) is 8.17. The lowest BCUT2D eigenvalue weighted by atomic mass is 10.0. The first-order valence-electron chi connectivity index (χ1n) is 13.2. The highest BCUT2D eigenvalue weighted by atomic mass is 79.9. The summed E-state index contributed by atoms with van der Waals surface area (Å²) in [4.78, 5) is 29.5. The highest BCUT2D eigenvalue weighted by Crippen LogP contribution is 2.28. The van der Waals surface area contributed by atoms with Crippen LogP contribution in [0, 0.1) is 0 Å². The van der Waals surface area contributed by atoms with Crippen LogP contribution in [-0.4, -0.2) is 50.0 Å². The van der Waals surface area contributed by atoms with Crippen LogP contribution in [0.1, 0.15) is 36.8 Å². The first-order chi connectivity index (χ1) is 19.1. The van der Waals surface area contributed by atoms with E-state index in [-0.39, 0.29) is 18.5 Å². The molecule has 10 heteroatoms. The molecule has 0 aromatic heterocycles. The van der Waals surface area contributed by atoms with Crippen molar-refractivity contribution in [3.63, 3.8) is 0 Å². The van der Waals surface area contributed by atoms with Crippen LogP contribution in [0.5, 0.6) is 0 Å². The van der Waals surface area contributed by atoms with E-state index in [1.165, 1.54) is 4.90 Å². The molecule has 4 rings (SSSR count). The maximum Gasteiger partial charge on any atom is 0.244 e. The molecule has 1 fully saturated rings. The molecule has 0 spiro atoms. The van der Waals surface area contributed by atoms with E-state index in [1.807, 2.05) is 54.6 Å². The standard InChI is InChI=1S/C30H33Br2N3O4S/c1-40(38,39)35(27-14-8-7-13-26(27)32)21-29(36)34(20-23-15-17-24(31)18-16-23)28(19-22-9-3-2-4-10-22)30(37)33-25-11-5-6-12-25/h2-4,7-10,13-18,25,28H,5-6,11-12,19-21H2,1H3,(H,33,37). The third-order valence-electron chi connectivity index (χ3n) is 7.04. The maximum absolute atomic E-state index is 14.1. The van der Waals surface area contributed by atoms with Crippen molar-refractivity contribution in [2.24, 2.45) is 0 Å². The minimum absolute atomic E-state index is 0.0724. The van der Waals surface area contributed by atoms with Gasteiger partial charge in [-0.25, -0.2) is 8.42 Å². The summed E-state index contributed by atoms with van der Waals surface area (Å²) < 4.78 is 28.4. The summed E-state index contributed by atoms with van der Waals surface area (Å²) in [6.45, 7) is -0.296.